The molecule has 5 nitrogen and oxygen atoms in total. The highest BCUT2D eigenvalue weighted by molar-refractivity contribution is 5.80. The molecule has 2 rings (SSSR count). The Kier molecular flexibility index (Phi) is 4.02. The van der Waals surface area contributed by atoms with Crippen LogP contribution < -0.4 is 5.32 Å². The lowest BCUT2D eigenvalue weighted by Crippen LogP contribution is -2.56. The maximum absolute atomic E-state index is 11.9. The van der Waals surface area contributed by atoms with Crippen molar-refractivity contribution >= 4 is 12.0 Å². The van der Waals surface area contributed by atoms with Crippen molar-refractivity contribution < 1.29 is 14.3 Å². The average molecular weight is 268 g/mol. The molecule has 2 fully saturated rings. The van der Waals surface area contributed by atoms with Crippen LogP contribution in [0, 0.1) is 11.8 Å². The zero-order valence-electron chi connectivity index (χ0n) is 12.1. The van der Waals surface area contributed by atoms with Crippen molar-refractivity contribution in [2.24, 2.45) is 11.8 Å². The highest BCUT2D eigenvalue weighted by Gasteiger charge is 2.36. The van der Waals surface area contributed by atoms with Crippen molar-refractivity contribution in [3.8, 4) is 0 Å². The fraction of sp³-hybridized carbons (Fsp3) is 0.857. The SMILES string of the molecule is CC(C)(C)OC(=O)NCC1CN(C(=O)C2CCC2)C1. The van der Waals surface area contributed by atoms with E-state index < -0.39 is 5.60 Å². The summed E-state index contributed by atoms with van der Waals surface area (Å²) in [6, 6.07) is 0. The number of rotatable bonds is 3. The summed E-state index contributed by atoms with van der Waals surface area (Å²) in [6.07, 6.45) is 2.91. The minimum absolute atomic E-state index is 0.278. The lowest BCUT2D eigenvalue weighted by molar-refractivity contribution is -0.144. The van der Waals surface area contributed by atoms with Gasteiger partial charge in [0.2, 0.25) is 5.91 Å². The number of hydrogen-bond acceptors (Lipinski definition) is 3. The second kappa shape index (κ2) is 5.39. The monoisotopic (exact) mass is 268 g/mol. The van der Waals surface area contributed by atoms with Gasteiger partial charge in [0.1, 0.15) is 5.60 Å². The maximum Gasteiger partial charge on any atom is 0.407 e. The molecule has 0 unspecified atom stereocenters. The Labute approximate surface area is 114 Å². The Morgan fingerprint density at radius 2 is 1.89 bits per heavy atom. The zero-order valence-corrected chi connectivity index (χ0v) is 12.1. The molecule has 1 heterocycles. The van der Waals surface area contributed by atoms with E-state index in [1.54, 1.807) is 0 Å². The van der Waals surface area contributed by atoms with Crippen molar-refractivity contribution in [2.45, 2.75) is 45.6 Å². The van der Waals surface area contributed by atoms with Crippen LogP contribution >= 0.6 is 0 Å². The Morgan fingerprint density at radius 1 is 1.26 bits per heavy atom. The third-order valence-electron chi connectivity index (χ3n) is 3.66. The lowest BCUT2D eigenvalue weighted by Gasteiger charge is -2.42. The van der Waals surface area contributed by atoms with E-state index in [0.717, 1.165) is 25.9 Å². The third kappa shape index (κ3) is 3.85. The van der Waals surface area contributed by atoms with E-state index in [0.29, 0.717) is 18.4 Å². The van der Waals surface area contributed by atoms with Crippen LogP contribution in [0.4, 0.5) is 4.79 Å². The lowest BCUT2D eigenvalue weighted by atomic mass is 9.83. The van der Waals surface area contributed by atoms with Crippen LogP contribution in [0.25, 0.3) is 0 Å². The highest BCUT2D eigenvalue weighted by Crippen LogP contribution is 2.30. The second-order valence-electron chi connectivity index (χ2n) is 6.62. The van der Waals surface area contributed by atoms with Gasteiger partial charge in [-0.15, -0.1) is 0 Å². The summed E-state index contributed by atoms with van der Waals surface area (Å²) < 4.78 is 5.17. The van der Waals surface area contributed by atoms with Crippen LogP contribution in [-0.2, 0) is 9.53 Å². The molecule has 1 aliphatic heterocycles. The van der Waals surface area contributed by atoms with E-state index in [2.05, 4.69) is 5.32 Å². The minimum Gasteiger partial charge on any atom is -0.444 e. The van der Waals surface area contributed by atoms with Gasteiger partial charge in [-0.25, -0.2) is 4.79 Å². The quantitative estimate of drug-likeness (QED) is 0.848. The summed E-state index contributed by atoms with van der Waals surface area (Å²) in [6.45, 7) is 7.65. The van der Waals surface area contributed by atoms with Crippen molar-refractivity contribution in [3.05, 3.63) is 0 Å². The van der Waals surface area contributed by atoms with Gasteiger partial charge in [0.15, 0.2) is 0 Å². The van der Waals surface area contributed by atoms with Gasteiger partial charge in [-0.1, -0.05) is 6.42 Å². The number of carbonyl (C=O) groups excluding carboxylic acids is 2. The van der Waals surface area contributed by atoms with Gasteiger partial charge < -0.3 is 15.0 Å². The molecule has 0 bridgehead atoms. The molecule has 0 aromatic carbocycles. The molecule has 1 aliphatic carbocycles. The maximum atomic E-state index is 11.9. The number of alkyl carbamates (subject to hydrolysis) is 1. The number of amides is 2. The first-order valence-electron chi connectivity index (χ1n) is 7.11. The van der Waals surface area contributed by atoms with Gasteiger partial charge in [-0.05, 0) is 33.6 Å². The van der Waals surface area contributed by atoms with Crippen molar-refractivity contribution in [1.82, 2.24) is 10.2 Å². The fourth-order valence-corrected chi connectivity index (χ4v) is 2.33. The highest BCUT2D eigenvalue weighted by atomic mass is 16.6. The molecule has 0 aromatic heterocycles. The topological polar surface area (TPSA) is 58.6 Å². The minimum atomic E-state index is -0.462. The number of nitrogens with one attached hydrogen (secondary N) is 1. The molecule has 1 saturated carbocycles. The van der Waals surface area contributed by atoms with Crippen LogP contribution in [0.2, 0.25) is 0 Å². The summed E-state index contributed by atoms with van der Waals surface area (Å²) in [4.78, 5) is 25.3. The van der Waals surface area contributed by atoms with Crippen LogP contribution in [-0.4, -0.2) is 42.1 Å². The van der Waals surface area contributed by atoms with Crippen LogP contribution in [0.3, 0.4) is 0 Å². The second-order valence-corrected chi connectivity index (χ2v) is 6.62. The number of hydrogen-bond donors (Lipinski definition) is 1. The summed E-state index contributed by atoms with van der Waals surface area (Å²) in [5.41, 5.74) is -0.462. The molecular formula is C14H24N2O3. The first-order valence-corrected chi connectivity index (χ1v) is 7.11. The Hall–Kier alpha value is -1.26. The first kappa shape index (κ1) is 14.2. The smallest absolute Gasteiger partial charge is 0.407 e. The van der Waals surface area contributed by atoms with E-state index in [1.165, 1.54) is 6.42 Å². The summed E-state index contributed by atoms with van der Waals surface area (Å²) in [7, 11) is 0. The molecule has 2 aliphatic rings. The Morgan fingerprint density at radius 3 is 2.37 bits per heavy atom. The first-order chi connectivity index (χ1) is 8.85. The van der Waals surface area contributed by atoms with E-state index in [9.17, 15) is 9.59 Å². The molecule has 2 amide bonds. The van der Waals surface area contributed by atoms with Crippen LogP contribution in [0.15, 0.2) is 0 Å². The number of nitrogens with zero attached hydrogens (tertiary/aromatic N) is 1. The van der Waals surface area contributed by atoms with Crippen LogP contribution in [0.1, 0.15) is 40.0 Å². The van der Waals surface area contributed by atoms with E-state index >= 15 is 0 Å². The molecular weight excluding hydrogens is 244 g/mol. The molecule has 5 heteroatoms. The summed E-state index contributed by atoms with van der Waals surface area (Å²) in [5, 5.41) is 2.76. The largest absolute Gasteiger partial charge is 0.444 e. The predicted octanol–water partition coefficient (Wildman–Crippen LogP) is 1.77. The van der Waals surface area contributed by atoms with Gasteiger partial charge in [-0.3, -0.25) is 4.79 Å². The zero-order chi connectivity index (χ0) is 14.0. The number of likely N-dealkylation sites (tertiary alicyclic amines) is 1. The summed E-state index contributed by atoms with van der Waals surface area (Å²) >= 11 is 0. The van der Waals surface area contributed by atoms with Gasteiger partial charge in [0.05, 0.1) is 0 Å². The average Bonchev–Trinajstić information content (AvgIpc) is 2.08. The molecule has 0 radical (unpaired) electrons. The number of ether oxygens (including phenoxy) is 1. The molecule has 0 atom stereocenters. The fourth-order valence-electron chi connectivity index (χ4n) is 2.33. The Bertz CT molecular complexity index is 352. The molecule has 0 spiro atoms. The van der Waals surface area contributed by atoms with Crippen LogP contribution in [0.5, 0.6) is 0 Å². The van der Waals surface area contributed by atoms with E-state index in [4.69, 9.17) is 4.74 Å². The van der Waals surface area contributed by atoms with Crippen molar-refractivity contribution in [3.63, 3.8) is 0 Å². The standard InChI is InChI=1S/C14H24N2O3/c1-14(2,3)19-13(18)15-7-10-8-16(9-10)12(17)11-5-4-6-11/h10-11H,4-9H2,1-3H3,(H,15,18). The van der Waals surface area contributed by atoms with Gasteiger partial charge >= 0.3 is 6.09 Å². The molecule has 1 N–H and O–H groups in total. The Balaban J connectivity index is 1.60. The molecule has 0 aromatic rings. The van der Waals surface area contributed by atoms with Gasteiger partial charge in [0.25, 0.3) is 0 Å². The molecule has 1 saturated heterocycles. The van der Waals surface area contributed by atoms with Gasteiger partial charge in [0, 0.05) is 31.5 Å². The van der Waals surface area contributed by atoms with Gasteiger partial charge in [-0.2, -0.15) is 0 Å². The molecule has 108 valence electrons. The van der Waals surface area contributed by atoms with Crippen molar-refractivity contribution in [1.29, 1.82) is 0 Å². The number of carbonyl (C=O) groups is 2. The normalized spacial score (nSPS) is 20.5. The van der Waals surface area contributed by atoms with E-state index in [-0.39, 0.29) is 12.0 Å². The third-order valence-corrected chi connectivity index (χ3v) is 3.66. The van der Waals surface area contributed by atoms with Crippen molar-refractivity contribution in [2.75, 3.05) is 19.6 Å². The van der Waals surface area contributed by atoms with E-state index in [1.807, 2.05) is 25.7 Å². The molecule has 19 heavy (non-hydrogen) atoms. The summed E-state index contributed by atoms with van der Waals surface area (Å²) in [5.74, 6) is 0.955. The predicted molar refractivity (Wildman–Crippen MR) is 71.6 cm³/mol.